The first-order chi connectivity index (χ1) is 13.1. The predicted octanol–water partition coefficient (Wildman–Crippen LogP) is 4.66. The molecular formula is C21H22N4O2. The molecule has 0 saturated heterocycles. The molecule has 27 heavy (non-hydrogen) atoms. The van der Waals surface area contributed by atoms with Crippen molar-refractivity contribution in [1.29, 1.82) is 0 Å². The molecule has 6 heteroatoms. The van der Waals surface area contributed by atoms with Crippen molar-refractivity contribution in [3.05, 3.63) is 59.3 Å². The molecular weight excluding hydrogens is 340 g/mol. The molecule has 0 saturated carbocycles. The first-order valence-electron chi connectivity index (χ1n) is 8.94. The van der Waals surface area contributed by atoms with Gasteiger partial charge in [0.2, 0.25) is 5.95 Å². The Hall–Kier alpha value is -3.28. The number of hydrogen-bond donors (Lipinski definition) is 2. The zero-order chi connectivity index (χ0) is 18.8. The maximum absolute atomic E-state index is 5.64. The van der Waals surface area contributed by atoms with Gasteiger partial charge in [0.15, 0.2) is 11.5 Å². The molecule has 1 aliphatic rings. The molecule has 2 N–H and O–H groups in total. The molecule has 2 heterocycles. The topological polar surface area (TPSA) is 68.3 Å². The molecule has 1 aliphatic heterocycles. The molecule has 0 spiro atoms. The maximum atomic E-state index is 5.64. The van der Waals surface area contributed by atoms with Crippen LogP contribution in [0.1, 0.15) is 16.8 Å². The molecule has 6 nitrogen and oxygen atoms in total. The molecule has 0 atom stereocenters. The van der Waals surface area contributed by atoms with E-state index in [4.69, 9.17) is 9.47 Å². The first-order valence-corrected chi connectivity index (χ1v) is 8.94. The highest BCUT2D eigenvalue weighted by atomic mass is 16.6. The summed E-state index contributed by atoms with van der Waals surface area (Å²) in [6.07, 6.45) is 0. The molecule has 138 valence electrons. The number of benzene rings is 2. The summed E-state index contributed by atoms with van der Waals surface area (Å²) in [4.78, 5) is 9.11. The fraction of sp³-hybridized carbons (Fsp3) is 0.238. The Morgan fingerprint density at radius 1 is 0.852 bits per heavy atom. The Morgan fingerprint density at radius 3 is 2.52 bits per heavy atom. The van der Waals surface area contributed by atoms with Crippen molar-refractivity contribution in [1.82, 2.24) is 9.97 Å². The minimum Gasteiger partial charge on any atom is -0.486 e. The standard InChI is InChI=1S/C21H22N4O2/c1-13-5-4-6-17(15(13)3)24-21-22-14(2)11-20(25-21)23-16-7-8-18-19(12-16)27-10-9-26-18/h4-8,11-12H,9-10H2,1-3H3,(H2,22,23,24,25). The summed E-state index contributed by atoms with van der Waals surface area (Å²) in [5, 5.41) is 6.64. The Kier molecular flexibility index (Phi) is 4.54. The number of nitrogens with one attached hydrogen (secondary N) is 2. The SMILES string of the molecule is Cc1cc(Nc2ccc3c(c2)OCCO3)nc(Nc2cccc(C)c2C)n1. The second kappa shape index (κ2) is 7.15. The summed E-state index contributed by atoms with van der Waals surface area (Å²) in [5.74, 6) is 2.78. The fourth-order valence-corrected chi connectivity index (χ4v) is 2.96. The van der Waals surface area contributed by atoms with Crippen LogP contribution >= 0.6 is 0 Å². The average molecular weight is 362 g/mol. The van der Waals surface area contributed by atoms with Gasteiger partial charge in [-0.25, -0.2) is 4.98 Å². The molecule has 0 bridgehead atoms. The minimum atomic E-state index is 0.559. The zero-order valence-corrected chi connectivity index (χ0v) is 15.7. The lowest BCUT2D eigenvalue weighted by atomic mass is 10.1. The average Bonchev–Trinajstić information content (AvgIpc) is 2.65. The van der Waals surface area contributed by atoms with Crippen molar-refractivity contribution in [3.8, 4) is 11.5 Å². The molecule has 0 fully saturated rings. The van der Waals surface area contributed by atoms with Crippen LogP contribution in [0.2, 0.25) is 0 Å². The number of fused-ring (bicyclic) bond motifs is 1. The fourth-order valence-electron chi connectivity index (χ4n) is 2.96. The predicted molar refractivity (Wildman–Crippen MR) is 107 cm³/mol. The van der Waals surface area contributed by atoms with Gasteiger partial charge in [-0.1, -0.05) is 12.1 Å². The summed E-state index contributed by atoms with van der Waals surface area (Å²) in [7, 11) is 0. The minimum absolute atomic E-state index is 0.559. The number of aryl methyl sites for hydroxylation is 2. The molecule has 0 aliphatic carbocycles. The van der Waals surface area contributed by atoms with E-state index < -0.39 is 0 Å². The Morgan fingerprint density at radius 2 is 1.67 bits per heavy atom. The Balaban J connectivity index is 1.58. The highest BCUT2D eigenvalue weighted by Crippen LogP contribution is 2.33. The summed E-state index contributed by atoms with van der Waals surface area (Å²) < 4.78 is 11.2. The molecule has 0 unspecified atom stereocenters. The van der Waals surface area contributed by atoms with Gasteiger partial charge in [-0.3, -0.25) is 0 Å². The van der Waals surface area contributed by atoms with E-state index in [1.165, 1.54) is 11.1 Å². The van der Waals surface area contributed by atoms with Crippen LogP contribution in [0.4, 0.5) is 23.1 Å². The van der Waals surface area contributed by atoms with E-state index in [9.17, 15) is 0 Å². The van der Waals surface area contributed by atoms with Crippen LogP contribution in [0.15, 0.2) is 42.5 Å². The number of nitrogens with zero attached hydrogens (tertiary/aromatic N) is 2. The van der Waals surface area contributed by atoms with Crippen molar-refractivity contribution in [2.24, 2.45) is 0 Å². The maximum Gasteiger partial charge on any atom is 0.229 e. The van der Waals surface area contributed by atoms with Gasteiger partial charge in [-0.05, 0) is 50.1 Å². The van der Waals surface area contributed by atoms with Crippen molar-refractivity contribution in [3.63, 3.8) is 0 Å². The molecule has 1 aromatic heterocycles. The number of ether oxygens (including phenoxy) is 2. The van der Waals surface area contributed by atoms with E-state index in [-0.39, 0.29) is 0 Å². The lowest BCUT2D eigenvalue weighted by molar-refractivity contribution is 0.171. The van der Waals surface area contributed by atoms with E-state index in [0.29, 0.717) is 25.0 Å². The first kappa shape index (κ1) is 17.1. The van der Waals surface area contributed by atoms with Crippen LogP contribution in [-0.4, -0.2) is 23.2 Å². The quantitative estimate of drug-likeness (QED) is 0.703. The van der Waals surface area contributed by atoms with Gasteiger partial charge in [-0.15, -0.1) is 0 Å². The van der Waals surface area contributed by atoms with Gasteiger partial charge >= 0.3 is 0 Å². The van der Waals surface area contributed by atoms with Crippen molar-refractivity contribution in [2.45, 2.75) is 20.8 Å². The summed E-state index contributed by atoms with van der Waals surface area (Å²) >= 11 is 0. The molecule has 3 aromatic rings. The molecule has 0 radical (unpaired) electrons. The third-order valence-corrected chi connectivity index (χ3v) is 4.52. The van der Waals surface area contributed by atoms with Crippen molar-refractivity contribution < 1.29 is 9.47 Å². The Bertz CT molecular complexity index is 988. The van der Waals surface area contributed by atoms with Crippen LogP contribution in [0.3, 0.4) is 0 Å². The van der Waals surface area contributed by atoms with Gasteiger partial charge < -0.3 is 20.1 Å². The Labute approximate surface area is 158 Å². The number of rotatable bonds is 4. The van der Waals surface area contributed by atoms with Crippen LogP contribution < -0.4 is 20.1 Å². The highest BCUT2D eigenvalue weighted by molar-refractivity contribution is 5.65. The zero-order valence-electron chi connectivity index (χ0n) is 15.7. The van der Waals surface area contributed by atoms with Gasteiger partial charge in [0.05, 0.1) is 0 Å². The molecule has 0 amide bonds. The summed E-state index contributed by atoms with van der Waals surface area (Å²) in [6.45, 7) is 7.27. The second-order valence-corrected chi connectivity index (χ2v) is 6.57. The van der Waals surface area contributed by atoms with E-state index in [1.807, 2.05) is 43.3 Å². The van der Waals surface area contributed by atoms with Crippen LogP contribution in [0.5, 0.6) is 11.5 Å². The van der Waals surface area contributed by atoms with Crippen LogP contribution in [-0.2, 0) is 0 Å². The molecule has 4 rings (SSSR count). The lowest BCUT2D eigenvalue weighted by Gasteiger charge is -2.19. The van der Waals surface area contributed by atoms with Gasteiger partial charge in [0, 0.05) is 29.2 Å². The van der Waals surface area contributed by atoms with E-state index in [1.54, 1.807) is 0 Å². The lowest BCUT2D eigenvalue weighted by Crippen LogP contribution is -2.15. The molecule has 2 aromatic carbocycles. The van der Waals surface area contributed by atoms with Crippen molar-refractivity contribution >= 4 is 23.1 Å². The van der Waals surface area contributed by atoms with Crippen molar-refractivity contribution in [2.75, 3.05) is 23.8 Å². The summed E-state index contributed by atoms with van der Waals surface area (Å²) in [6, 6.07) is 13.8. The normalized spacial score (nSPS) is 12.6. The summed E-state index contributed by atoms with van der Waals surface area (Å²) in [5.41, 5.74) is 5.17. The van der Waals surface area contributed by atoms with Gasteiger partial charge in [-0.2, -0.15) is 4.98 Å². The number of hydrogen-bond acceptors (Lipinski definition) is 6. The van der Waals surface area contributed by atoms with E-state index in [0.717, 1.165) is 28.6 Å². The highest BCUT2D eigenvalue weighted by Gasteiger charge is 2.12. The van der Waals surface area contributed by atoms with E-state index in [2.05, 4.69) is 40.5 Å². The smallest absolute Gasteiger partial charge is 0.229 e. The third-order valence-electron chi connectivity index (χ3n) is 4.52. The van der Waals surface area contributed by atoms with Gasteiger partial charge in [0.1, 0.15) is 19.0 Å². The monoisotopic (exact) mass is 362 g/mol. The third kappa shape index (κ3) is 3.79. The van der Waals surface area contributed by atoms with Crippen LogP contribution in [0, 0.1) is 20.8 Å². The number of aromatic nitrogens is 2. The second-order valence-electron chi connectivity index (χ2n) is 6.57. The van der Waals surface area contributed by atoms with Crippen LogP contribution in [0.25, 0.3) is 0 Å². The largest absolute Gasteiger partial charge is 0.486 e. The van der Waals surface area contributed by atoms with E-state index >= 15 is 0 Å². The number of anilines is 4. The van der Waals surface area contributed by atoms with Gasteiger partial charge in [0.25, 0.3) is 0 Å².